The summed E-state index contributed by atoms with van der Waals surface area (Å²) in [5.74, 6) is 0.471. The van der Waals surface area contributed by atoms with E-state index in [1.165, 1.54) is 11.3 Å². The Balaban J connectivity index is 1.40. The molecule has 188 valence electrons. The van der Waals surface area contributed by atoms with Crippen molar-refractivity contribution in [2.45, 2.75) is 32.0 Å². The summed E-state index contributed by atoms with van der Waals surface area (Å²) in [7, 11) is 2.12. The van der Waals surface area contributed by atoms with Gasteiger partial charge in [-0.2, -0.15) is 0 Å². The maximum Gasteiger partial charge on any atom is 0.262 e. The fraction of sp³-hybridized carbons (Fsp3) is 0.308. The Kier molecular flexibility index (Phi) is 7.12. The van der Waals surface area contributed by atoms with E-state index in [1.807, 2.05) is 35.8 Å². The van der Waals surface area contributed by atoms with Crippen LogP contribution in [0.15, 0.2) is 48.8 Å². The monoisotopic (exact) mass is 544 g/mol. The average Bonchev–Trinajstić information content (AvgIpc) is 3.45. The molecular formula is C26H26Cl2N4O3S. The Morgan fingerprint density at radius 3 is 2.69 bits per heavy atom. The molecule has 2 N–H and O–H groups in total. The van der Waals surface area contributed by atoms with Crippen LogP contribution in [0.5, 0.6) is 11.5 Å². The van der Waals surface area contributed by atoms with Gasteiger partial charge in [0.2, 0.25) is 0 Å². The Labute approximate surface area is 223 Å². The lowest BCUT2D eigenvalue weighted by Crippen LogP contribution is -2.35. The number of thiophene rings is 1. The third-order valence-corrected chi connectivity index (χ3v) is 8.12. The third-order valence-electron chi connectivity index (χ3n) is 6.35. The van der Waals surface area contributed by atoms with Gasteiger partial charge in [0.05, 0.1) is 16.1 Å². The molecule has 0 saturated carbocycles. The second kappa shape index (κ2) is 10.3. The molecule has 0 aliphatic carbocycles. The van der Waals surface area contributed by atoms with Gasteiger partial charge in [0.1, 0.15) is 39.9 Å². The minimum atomic E-state index is -0.564. The smallest absolute Gasteiger partial charge is 0.262 e. The number of amides is 1. The van der Waals surface area contributed by atoms with E-state index in [0.29, 0.717) is 26.4 Å². The van der Waals surface area contributed by atoms with Gasteiger partial charge in [0.25, 0.3) is 5.91 Å². The summed E-state index contributed by atoms with van der Waals surface area (Å²) in [6.45, 7) is 3.88. The number of likely N-dealkylation sites (tertiary alicyclic amines) is 1. The second-order valence-corrected chi connectivity index (χ2v) is 10.8. The van der Waals surface area contributed by atoms with Crippen LogP contribution in [0.3, 0.4) is 0 Å². The van der Waals surface area contributed by atoms with Crippen molar-refractivity contribution >= 4 is 51.5 Å². The molecule has 5 rings (SSSR count). The standard InChI is InChI=1S/C26H26Cl2N4O3S/c1-15(18-4-3-5-21(24(18)28)35-17-8-10-31(2)11-9-17)34-22-13-23(36-25(22)26(29)33)32-14-30-19-12-16(27)6-7-20(19)32/h3-7,12-15,17H,8-11H2,1-2H3,(H2,29,33). The van der Waals surface area contributed by atoms with Gasteiger partial charge in [-0.3, -0.25) is 9.36 Å². The second-order valence-electron chi connectivity index (χ2n) is 8.93. The lowest BCUT2D eigenvalue weighted by atomic mass is 10.1. The molecular weight excluding hydrogens is 519 g/mol. The number of piperidine rings is 1. The van der Waals surface area contributed by atoms with Crippen molar-refractivity contribution in [1.29, 1.82) is 0 Å². The number of nitrogens with two attached hydrogens (primary N) is 1. The maximum absolute atomic E-state index is 12.3. The topological polar surface area (TPSA) is 82.6 Å². The molecule has 2 aromatic heterocycles. The fourth-order valence-corrected chi connectivity index (χ4v) is 5.79. The molecule has 0 spiro atoms. The molecule has 1 unspecified atom stereocenters. The Bertz CT molecular complexity index is 1410. The SMILES string of the molecule is CC(Oc1cc(-n2cnc3cc(Cl)ccc32)sc1C(N)=O)c1cccc(OC2CCN(C)CC2)c1Cl. The van der Waals surface area contributed by atoms with E-state index < -0.39 is 12.0 Å². The van der Waals surface area contributed by atoms with E-state index in [2.05, 4.69) is 16.9 Å². The molecule has 4 aromatic rings. The first-order valence-corrected chi connectivity index (χ1v) is 13.2. The van der Waals surface area contributed by atoms with Gasteiger partial charge in [-0.25, -0.2) is 4.98 Å². The highest BCUT2D eigenvalue weighted by molar-refractivity contribution is 7.16. The van der Waals surface area contributed by atoms with Crippen LogP contribution in [0, 0.1) is 0 Å². The molecule has 36 heavy (non-hydrogen) atoms. The number of aromatic nitrogens is 2. The first-order chi connectivity index (χ1) is 17.3. The van der Waals surface area contributed by atoms with Crippen LogP contribution in [0.4, 0.5) is 0 Å². The molecule has 0 radical (unpaired) electrons. The van der Waals surface area contributed by atoms with Gasteiger partial charge < -0.3 is 20.1 Å². The number of ether oxygens (including phenoxy) is 2. The zero-order valence-corrected chi connectivity index (χ0v) is 22.2. The highest BCUT2D eigenvalue weighted by Crippen LogP contribution is 2.39. The molecule has 7 nitrogen and oxygen atoms in total. The van der Waals surface area contributed by atoms with Crippen molar-refractivity contribution < 1.29 is 14.3 Å². The van der Waals surface area contributed by atoms with E-state index in [0.717, 1.165) is 47.5 Å². The van der Waals surface area contributed by atoms with Crippen molar-refractivity contribution in [2.24, 2.45) is 5.73 Å². The van der Waals surface area contributed by atoms with Gasteiger partial charge in [-0.05, 0) is 51.1 Å². The highest BCUT2D eigenvalue weighted by atomic mass is 35.5. The molecule has 1 saturated heterocycles. The lowest BCUT2D eigenvalue weighted by Gasteiger charge is -2.30. The molecule has 3 heterocycles. The Morgan fingerprint density at radius 1 is 1.17 bits per heavy atom. The van der Waals surface area contributed by atoms with Gasteiger partial charge in [0, 0.05) is 29.7 Å². The molecule has 1 aliphatic heterocycles. The summed E-state index contributed by atoms with van der Waals surface area (Å²) in [5, 5.41) is 1.87. The summed E-state index contributed by atoms with van der Waals surface area (Å²) in [6, 6.07) is 13.0. The molecule has 10 heteroatoms. The normalized spacial score (nSPS) is 15.8. The largest absolute Gasteiger partial charge is 0.489 e. The number of hydrogen-bond donors (Lipinski definition) is 1. The van der Waals surface area contributed by atoms with E-state index in [-0.39, 0.29) is 6.10 Å². The fourth-order valence-electron chi connectivity index (χ4n) is 4.37. The summed E-state index contributed by atoms with van der Waals surface area (Å²) in [6.07, 6.45) is 3.28. The zero-order valence-electron chi connectivity index (χ0n) is 19.9. The number of fused-ring (bicyclic) bond motifs is 1. The van der Waals surface area contributed by atoms with Gasteiger partial charge in [-0.1, -0.05) is 35.3 Å². The average molecular weight is 545 g/mol. The maximum atomic E-state index is 12.3. The molecule has 1 atom stereocenters. The summed E-state index contributed by atoms with van der Waals surface area (Å²) in [5.41, 5.74) is 8.08. The number of imidazole rings is 1. The van der Waals surface area contributed by atoms with Crippen LogP contribution < -0.4 is 15.2 Å². The number of primary amides is 1. The number of carbonyl (C=O) groups is 1. The number of benzene rings is 2. The van der Waals surface area contributed by atoms with Crippen LogP contribution >= 0.6 is 34.5 Å². The van der Waals surface area contributed by atoms with Crippen LogP contribution in [-0.4, -0.2) is 46.6 Å². The first-order valence-electron chi connectivity index (χ1n) is 11.7. The summed E-state index contributed by atoms with van der Waals surface area (Å²) < 4.78 is 14.4. The molecule has 1 aliphatic rings. The van der Waals surface area contributed by atoms with E-state index in [4.69, 9.17) is 38.4 Å². The quantitative estimate of drug-likeness (QED) is 0.303. The number of rotatable bonds is 7. The first kappa shape index (κ1) is 24.9. The van der Waals surface area contributed by atoms with Crippen LogP contribution in [0.2, 0.25) is 10.0 Å². The highest BCUT2D eigenvalue weighted by Gasteiger charge is 2.24. The molecule has 0 bridgehead atoms. The Hall–Kier alpha value is -2.78. The summed E-state index contributed by atoms with van der Waals surface area (Å²) in [4.78, 5) is 19.3. The lowest BCUT2D eigenvalue weighted by molar-refractivity contribution is 0.0998. The van der Waals surface area contributed by atoms with Crippen LogP contribution in [0.25, 0.3) is 16.0 Å². The van der Waals surface area contributed by atoms with E-state index in [9.17, 15) is 4.79 Å². The molecule has 1 fully saturated rings. The van der Waals surface area contributed by atoms with Gasteiger partial charge in [0.15, 0.2) is 0 Å². The van der Waals surface area contributed by atoms with Crippen LogP contribution in [0.1, 0.15) is 41.1 Å². The predicted molar refractivity (Wildman–Crippen MR) is 144 cm³/mol. The van der Waals surface area contributed by atoms with Gasteiger partial charge >= 0.3 is 0 Å². The number of hydrogen-bond acceptors (Lipinski definition) is 6. The number of nitrogens with zero attached hydrogens (tertiary/aromatic N) is 3. The Morgan fingerprint density at radius 2 is 1.94 bits per heavy atom. The molecule has 1 amide bonds. The van der Waals surface area contributed by atoms with Crippen LogP contribution in [-0.2, 0) is 0 Å². The number of halogens is 2. The van der Waals surface area contributed by atoms with Crippen molar-refractivity contribution in [1.82, 2.24) is 14.5 Å². The predicted octanol–water partition coefficient (Wildman–Crippen LogP) is 6.11. The van der Waals surface area contributed by atoms with E-state index in [1.54, 1.807) is 24.5 Å². The number of carbonyl (C=O) groups excluding carboxylic acids is 1. The third kappa shape index (κ3) is 5.04. The van der Waals surface area contributed by atoms with Crippen molar-refractivity contribution in [3.05, 3.63) is 69.3 Å². The van der Waals surface area contributed by atoms with Crippen molar-refractivity contribution in [2.75, 3.05) is 20.1 Å². The minimum absolute atomic E-state index is 0.131. The van der Waals surface area contributed by atoms with Crippen molar-refractivity contribution in [3.63, 3.8) is 0 Å². The summed E-state index contributed by atoms with van der Waals surface area (Å²) >= 11 is 14.1. The minimum Gasteiger partial charge on any atom is -0.489 e. The van der Waals surface area contributed by atoms with Crippen molar-refractivity contribution in [3.8, 4) is 16.5 Å². The van der Waals surface area contributed by atoms with E-state index >= 15 is 0 Å². The zero-order chi connectivity index (χ0) is 25.4. The molecule has 2 aromatic carbocycles. The van der Waals surface area contributed by atoms with Gasteiger partial charge in [-0.15, -0.1) is 11.3 Å².